The zero-order valence-corrected chi connectivity index (χ0v) is 7.66. The van der Waals surface area contributed by atoms with Crippen LogP contribution in [-0.4, -0.2) is 24.5 Å². The van der Waals surface area contributed by atoms with Crippen LogP contribution in [0.2, 0.25) is 0 Å². The summed E-state index contributed by atoms with van der Waals surface area (Å²) in [5.41, 5.74) is 0.905. The summed E-state index contributed by atoms with van der Waals surface area (Å²) >= 11 is 0. The van der Waals surface area contributed by atoms with Crippen molar-refractivity contribution >= 4 is 0 Å². The van der Waals surface area contributed by atoms with Crippen LogP contribution >= 0.6 is 0 Å². The Morgan fingerprint density at radius 3 is 2.93 bits per heavy atom. The molecule has 1 aliphatic rings. The average molecular weight is 198 g/mol. The van der Waals surface area contributed by atoms with Crippen LogP contribution in [0.15, 0.2) is 24.5 Å². The lowest BCUT2D eigenvalue weighted by Crippen LogP contribution is -2.19. The van der Waals surface area contributed by atoms with Gasteiger partial charge in [0.05, 0.1) is 0 Å². The van der Waals surface area contributed by atoms with Gasteiger partial charge in [-0.05, 0) is 11.6 Å². The van der Waals surface area contributed by atoms with E-state index in [2.05, 4.69) is 10.3 Å². The molecule has 0 spiro atoms. The highest BCUT2D eigenvalue weighted by Gasteiger charge is 2.34. The molecule has 2 heterocycles. The predicted octanol–water partition coefficient (Wildman–Crippen LogP) is 1.65. The van der Waals surface area contributed by atoms with Gasteiger partial charge in [-0.25, -0.2) is 8.78 Å². The molecular formula is C10H12F2N2. The molecule has 2 atom stereocenters. The van der Waals surface area contributed by atoms with Crippen molar-refractivity contribution in [2.24, 2.45) is 5.92 Å². The van der Waals surface area contributed by atoms with Crippen molar-refractivity contribution in [3.63, 3.8) is 0 Å². The Hall–Kier alpha value is -1.03. The minimum absolute atomic E-state index is 0.0938. The number of aromatic nitrogens is 1. The Labute approximate surface area is 81.4 Å². The molecule has 0 aromatic carbocycles. The lowest BCUT2D eigenvalue weighted by molar-refractivity contribution is 0.0787. The van der Waals surface area contributed by atoms with Crippen LogP contribution in [-0.2, 0) is 0 Å². The fourth-order valence-electron chi connectivity index (χ4n) is 1.92. The number of rotatable bonds is 2. The van der Waals surface area contributed by atoms with Crippen LogP contribution in [0.5, 0.6) is 0 Å². The largest absolute Gasteiger partial charge is 0.316 e. The number of alkyl halides is 2. The van der Waals surface area contributed by atoms with Crippen LogP contribution in [0.1, 0.15) is 11.5 Å². The second-order valence-corrected chi connectivity index (χ2v) is 3.55. The molecule has 0 radical (unpaired) electrons. The van der Waals surface area contributed by atoms with Gasteiger partial charge in [-0.1, -0.05) is 6.07 Å². The van der Waals surface area contributed by atoms with Gasteiger partial charge in [-0.2, -0.15) is 0 Å². The number of hydrogen-bond acceptors (Lipinski definition) is 2. The average Bonchev–Trinajstić information content (AvgIpc) is 2.67. The van der Waals surface area contributed by atoms with Gasteiger partial charge in [0, 0.05) is 37.3 Å². The summed E-state index contributed by atoms with van der Waals surface area (Å²) in [5.74, 6) is -0.664. The molecule has 0 bridgehead atoms. The minimum Gasteiger partial charge on any atom is -0.316 e. The van der Waals surface area contributed by atoms with Crippen molar-refractivity contribution in [1.82, 2.24) is 10.3 Å². The molecule has 76 valence electrons. The maximum absolute atomic E-state index is 12.6. The molecule has 0 saturated carbocycles. The van der Waals surface area contributed by atoms with E-state index in [1.807, 2.05) is 6.07 Å². The highest BCUT2D eigenvalue weighted by Crippen LogP contribution is 2.31. The SMILES string of the molecule is FC(F)C1CNCC1c1cccnc1. The zero-order valence-electron chi connectivity index (χ0n) is 7.66. The van der Waals surface area contributed by atoms with Crippen molar-refractivity contribution in [3.8, 4) is 0 Å². The van der Waals surface area contributed by atoms with Gasteiger partial charge < -0.3 is 5.32 Å². The van der Waals surface area contributed by atoms with E-state index in [1.165, 1.54) is 0 Å². The van der Waals surface area contributed by atoms with Crippen molar-refractivity contribution in [2.45, 2.75) is 12.3 Å². The van der Waals surface area contributed by atoms with E-state index < -0.39 is 12.3 Å². The second-order valence-electron chi connectivity index (χ2n) is 3.55. The lowest BCUT2D eigenvalue weighted by Gasteiger charge is -2.17. The molecule has 1 aromatic rings. The van der Waals surface area contributed by atoms with Gasteiger partial charge >= 0.3 is 0 Å². The first kappa shape index (κ1) is 9.52. The summed E-state index contributed by atoms with van der Waals surface area (Å²) in [4.78, 5) is 3.95. The predicted molar refractivity (Wildman–Crippen MR) is 49.3 cm³/mol. The molecule has 2 rings (SSSR count). The van der Waals surface area contributed by atoms with Crippen LogP contribution in [0, 0.1) is 5.92 Å². The summed E-state index contributed by atoms with van der Waals surface area (Å²) in [6, 6.07) is 3.65. The molecule has 1 N–H and O–H groups in total. The summed E-state index contributed by atoms with van der Waals surface area (Å²) in [7, 11) is 0. The van der Waals surface area contributed by atoms with E-state index in [0.29, 0.717) is 13.1 Å². The Kier molecular flexibility index (Phi) is 2.72. The number of hydrogen-bond donors (Lipinski definition) is 1. The van der Waals surface area contributed by atoms with E-state index in [1.54, 1.807) is 18.5 Å². The summed E-state index contributed by atoms with van der Waals surface area (Å²) in [5, 5.41) is 2.99. The molecule has 1 aliphatic heterocycles. The fourth-order valence-corrected chi connectivity index (χ4v) is 1.92. The van der Waals surface area contributed by atoms with Gasteiger partial charge in [0.15, 0.2) is 0 Å². The van der Waals surface area contributed by atoms with Crippen LogP contribution in [0.3, 0.4) is 0 Å². The molecule has 14 heavy (non-hydrogen) atoms. The Bertz CT molecular complexity index is 289. The van der Waals surface area contributed by atoms with Gasteiger partial charge in [0.1, 0.15) is 0 Å². The van der Waals surface area contributed by atoms with Crippen molar-refractivity contribution < 1.29 is 8.78 Å². The van der Waals surface area contributed by atoms with Crippen molar-refractivity contribution in [3.05, 3.63) is 30.1 Å². The van der Waals surface area contributed by atoms with E-state index in [-0.39, 0.29) is 5.92 Å². The molecular weight excluding hydrogens is 186 g/mol. The van der Waals surface area contributed by atoms with E-state index in [9.17, 15) is 8.78 Å². The molecule has 1 fully saturated rings. The maximum Gasteiger partial charge on any atom is 0.243 e. The summed E-state index contributed by atoms with van der Waals surface area (Å²) in [6.07, 6.45) is 1.08. The number of nitrogens with zero attached hydrogens (tertiary/aromatic N) is 1. The van der Waals surface area contributed by atoms with Crippen LogP contribution in [0.4, 0.5) is 8.78 Å². The Morgan fingerprint density at radius 2 is 2.29 bits per heavy atom. The first-order valence-electron chi connectivity index (χ1n) is 4.68. The van der Waals surface area contributed by atoms with E-state index in [0.717, 1.165) is 5.56 Å². The molecule has 4 heteroatoms. The second kappa shape index (κ2) is 4.00. The normalized spacial score (nSPS) is 27.1. The van der Waals surface area contributed by atoms with E-state index in [4.69, 9.17) is 0 Å². The third kappa shape index (κ3) is 1.75. The maximum atomic E-state index is 12.6. The van der Waals surface area contributed by atoms with Gasteiger partial charge in [-0.3, -0.25) is 4.98 Å². The molecule has 1 saturated heterocycles. The topological polar surface area (TPSA) is 24.9 Å². The van der Waals surface area contributed by atoms with Gasteiger partial charge in [0.2, 0.25) is 6.43 Å². The monoisotopic (exact) mass is 198 g/mol. The van der Waals surface area contributed by atoms with Gasteiger partial charge in [0.25, 0.3) is 0 Å². The summed E-state index contributed by atoms with van der Waals surface area (Å²) < 4.78 is 25.2. The zero-order chi connectivity index (χ0) is 9.97. The quantitative estimate of drug-likeness (QED) is 0.781. The smallest absolute Gasteiger partial charge is 0.243 e. The third-order valence-corrected chi connectivity index (χ3v) is 2.70. The highest BCUT2D eigenvalue weighted by molar-refractivity contribution is 5.18. The third-order valence-electron chi connectivity index (χ3n) is 2.70. The summed E-state index contributed by atoms with van der Waals surface area (Å²) in [6.45, 7) is 1.03. The van der Waals surface area contributed by atoms with Crippen LogP contribution in [0.25, 0.3) is 0 Å². The van der Waals surface area contributed by atoms with Crippen molar-refractivity contribution in [1.29, 1.82) is 0 Å². The van der Waals surface area contributed by atoms with Gasteiger partial charge in [-0.15, -0.1) is 0 Å². The Morgan fingerprint density at radius 1 is 1.43 bits per heavy atom. The molecule has 0 amide bonds. The molecule has 1 aromatic heterocycles. The number of nitrogens with one attached hydrogen (secondary N) is 1. The highest BCUT2D eigenvalue weighted by atomic mass is 19.3. The molecule has 2 unspecified atom stereocenters. The lowest BCUT2D eigenvalue weighted by atomic mass is 9.90. The van der Waals surface area contributed by atoms with Crippen molar-refractivity contribution in [2.75, 3.05) is 13.1 Å². The minimum atomic E-state index is -2.25. The Balaban J connectivity index is 2.18. The fraction of sp³-hybridized carbons (Fsp3) is 0.500. The standard InChI is InChI=1S/C10H12F2N2/c11-10(12)9-6-14-5-8(9)7-2-1-3-13-4-7/h1-4,8-10,14H,5-6H2. The molecule has 0 aliphatic carbocycles. The number of pyridine rings is 1. The first-order chi connectivity index (χ1) is 6.79. The number of halogens is 2. The van der Waals surface area contributed by atoms with E-state index >= 15 is 0 Å². The van der Waals surface area contributed by atoms with Crippen LogP contribution < -0.4 is 5.32 Å². The first-order valence-corrected chi connectivity index (χ1v) is 4.68. The molecule has 2 nitrogen and oxygen atoms in total.